The summed E-state index contributed by atoms with van der Waals surface area (Å²) in [5.74, 6) is -1.10. The number of sulfonamides is 1. The van der Waals surface area contributed by atoms with E-state index in [0.717, 1.165) is 19.0 Å². The highest BCUT2D eigenvalue weighted by Crippen LogP contribution is 2.42. The molecule has 3 unspecified atom stereocenters. The van der Waals surface area contributed by atoms with Crippen molar-refractivity contribution < 1.29 is 31.2 Å². The number of rotatable bonds is 11. The Balaban J connectivity index is 1.53. The molecular formula is C26H29F3N6O5S. The van der Waals surface area contributed by atoms with Gasteiger partial charge in [-0.1, -0.05) is 61.4 Å². The van der Waals surface area contributed by atoms with Gasteiger partial charge in [0.2, 0.25) is 21.8 Å². The lowest BCUT2D eigenvalue weighted by atomic mass is 9.75. The third kappa shape index (κ3) is 8.04. The van der Waals surface area contributed by atoms with Gasteiger partial charge in [-0.2, -0.15) is 4.98 Å². The Bertz CT molecular complexity index is 1460. The fraction of sp³-hybridized carbons (Fsp3) is 0.385. The predicted octanol–water partition coefficient (Wildman–Crippen LogP) is 5.14. The lowest BCUT2D eigenvalue weighted by Gasteiger charge is -2.36. The first-order valence-corrected chi connectivity index (χ1v) is 14.4. The zero-order valence-electron chi connectivity index (χ0n) is 21.8. The van der Waals surface area contributed by atoms with E-state index < -0.39 is 38.0 Å². The predicted molar refractivity (Wildman–Crippen MR) is 145 cm³/mol. The molecule has 2 aromatic carbocycles. The van der Waals surface area contributed by atoms with E-state index in [-0.39, 0.29) is 42.3 Å². The Hall–Kier alpha value is -3.98. The number of anilines is 2. The summed E-state index contributed by atoms with van der Waals surface area (Å²) in [6.07, 6.45) is -0.923. The molecule has 0 spiro atoms. The van der Waals surface area contributed by atoms with Crippen LogP contribution in [0, 0.1) is 22.0 Å². The number of benzene rings is 2. The van der Waals surface area contributed by atoms with Crippen LogP contribution in [0.15, 0.2) is 60.8 Å². The Kier molecular flexibility index (Phi) is 9.28. The van der Waals surface area contributed by atoms with Crippen LogP contribution in [0.4, 0.5) is 30.6 Å². The van der Waals surface area contributed by atoms with Gasteiger partial charge in [0.15, 0.2) is 0 Å². The maximum atomic E-state index is 12.8. The average molecular weight is 595 g/mol. The highest BCUT2D eigenvalue weighted by atomic mass is 32.2. The first-order chi connectivity index (χ1) is 19.4. The van der Waals surface area contributed by atoms with Gasteiger partial charge < -0.3 is 15.4 Å². The zero-order valence-corrected chi connectivity index (χ0v) is 22.6. The fourth-order valence-corrected chi connectivity index (χ4v) is 6.59. The number of hydrogen-bond acceptors (Lipinski definition) is 9. The Morgan fingerprint density at radius 2 is 1.76 bits per heavy atom. The van der Waals surface area contributed by atoms with Crippen LogP contribution in [0.5, 0.6) is 5.75 Å². The number of para-hydroxylation sites is 1. The zero-order chi connectivity index (χ0) is 29.6. The van der Waals surface area contributed by atoms with Crippen molar-refractivity contribution in [3.05, 3.63) is 82.0 Å². The maximum absolute atomic E-state index is 12.8. The molecule has 0 radical (unpaired) electrons. The monoisotopic (exact) mass is 594 g/mol. The number of nitrogens with two attached hydrogens (primary N) is 1. The van der Waals surface area contributed by atoms with Gasteiger partial charge in [-0.3, -0.25) is 10.1 Å². The van der Waals surface area contributed by atoms with E-state index in [1.165, 1.54) is 24.3 Å². The summed E-state index contributed by atoms with van der Waals surface area (Å²) < 4.78 is 67.7. The summed E-state index contributed by atoms with van der Waals surface area (Å²) in [4.78, 5) is 19.1. The van der Waals surface area contributed by atoms with Gasteiger partial charge in [0.1, 0.15) is 17.2 Å². The molecule has 0 saturated heterocycles. The minimum absolute atomic E-state index is 0.0631. The van der Waals surface area contributed by atoms with Crippen LogP contribution in [0.3, 0.4) is 0 Å². The lowest BCUT2D eigenvalue weighted by molar-refractivity contribution is -0.384. The molecule has 3 aromatic rings. The van der Waals surface area contributed by atoms with Crippen molar-refractivity contribution in [1.29, 1.82) is 0 Å². The number of nitrogens with one attached hydrogen (secondary N) is 2. The van der Waals surface area contributed by atoms with Crippen LogP contribution in [0.2, 0.25) is 0 Å². The quantitative estimate of drug-likeness (QED) is 0.201. The summed E-state index contributed by atoms with van der Waals surface area (Å²) in [6.45, 7) is 0.0321. The van der Waals surface area contributed by atoms with Crippen molar-refractivity contribution in [1.82, 2.24) is 9.97 Å². The second-order valence-electron chi connectivity index (χ2n) is 9.70. The smallest absolute Gasteiger partial charge is 0.405 e. The first kappa shape index (κ1) is 30.0. The molecule has 220 valence electrons. The molecule has 1 aromatic heterocycles. The van der Waals surface area contributed by atoms with Crippen LogP contribution >= 0.6 is 0 Å². The van der Waals surface area contributed by atoms with E-state index >= 15 is 0 Å². The van der Waals surface area contributed by atoms with Crippen molar-refractivity contribution >= 4 is 27.5 Å². The van der Waals surface area contributed by atoms with Gasteiger partial charge in [-0.05, 0) is 36.3 Å². The minimum Gasteiger partial charge on any atom is -0.405 e. The highest BCUT2D eigenvalue weighted by Gasteiger charge is 2.39. The number of halogens is 3. The minimum atomic E-state index is -4.88. The second kappa shape index (κ2) is 12.7. The molecule has 1 aliphatic carbocycles. The molecule has 0 bridgehead atoms. The van der Waals surface area contributed by atoms with Crippen LogP contribution in [-0.4, -0.2) is 36.2 Å². The van der Waals surface area contributed by atoms with Crippen LogP contribution in [0.25, 0.3) is 0 Å². The summed E-state index contributed by atoms with van der Waals surface area (Å²) in [7, 11) is -3.96. The number of nitrogens with zero attached hydrogens (tertiary/aromatic N) is 3. The molecule has 1 aliphatic rings. The van der Waals surface area contributed by atoms with Crippen LogP contribution in [-0.2, 0) is 16.6 Å². The molecule has 4 N–H and O–H groups in total. The van der Waals surface area contributed by atoms with Gasteiger partial charge in [0.05, 0.1) is 4.92 Å². The molecule has 1 heterocycles. The van der Waals surface area contributed by atoms with E-state index in [1.807, 2.05) is 0 Å². The fourth-order valence-electron chi connectivity index (χ4n) is 5.21. The number of ether oxygens (including phenoxy) is 1. The van der Waals surface area contributed by atoms with Gasteiger partial charge in [-0.25, -0.2) is 18.5 Å². The largest absolute Gasteiger partial charge is 0.573 e. The standard InChI is InChI=1S/C26H29F3N6O5S/c27-26(28,29)40-22-13-7-5-11-19(22)15-32-25-33-16-21(35(36)37)24(34-25)31-14-18-10-4-6-12-20(18)23(41(30,38)39)17-8-2-1-3-9-17/h1-3,5,7-9,11,13,16,18,20,23H,4,6,10,12,14-15H2,(H2,30,38,39)(H2,31,32,33,34). The summed E-state index contributed by atoms with van der Waals surface area (Å²) >= 11 is 0. The van der Waals surface area contributed by atoms with Crippen LogP contribution < -0.4 is 20.5 Å². The number of alkyl halides is 3. The van der Waals surface area contributed by atoms with E-state index in [0.29, 0.717) is 18.4 Å². The van der Waals surface area contributed by atoms with Gasteiger partial charge in [0.25, 0.3) is 0 Å². The van der Waals surface area contributed by atoms with Crippen molar-refractivity contribution in [3.8, 4) is 5.75 Å². The Morgan fingerprint density at radius 1 is 1.07 bits per heavy atom. The van der Waals surface area contributed by atoms with Gasteiger partial charge in [-0.15, -0.1) is 13.2 Å². The molecule has 15 heteroatoms. The molecule has 41 heavy (non-hydrogen) atoms. The van der Waals surface area contributed by atoms with Crippen molar-refractivity contribution in [2.45, 2.75) is 43.8 Å². The number of nitro groups is 1. The first-order valence-electron chi connectivity index (χ1n) is 12.8. The van der Waals surface area contributed by atoms with E-state index in [1.54, 1.807) is 30.3 Å². The molecule has 0 aliphatic heterocycles. The normalized spacial score (nSPS) is 18.3. The summed E-state index contributed by atoms with van der Waals surface area (Å²) in [6, 6.07) is 14.2. The van der Waals surface area contributed by atoms with Gasteiger partial charge >= 0.3 is 12.0 Å². The Labute approximate surface area is 234 Å². The van der Waals surface area contributed by atoms with E-state index in [9.17, 15) is 31.7 Å². The SMILES string of the molecule is NS(=O)(=O)C(c1ccccc1)C1CCCCC1CNc1nc(NCc2ccccc2OC(F)(F)F)ncc1[N+](=O)[O-]. The van der Waals surface area contributed by atoms with E-state index in [4.69, 9.17) is 5.14 Å². The highest BCUT2D eigenvalue weighted by molar-refractivity contribution is 7.89. The molecule has 1 saturated carbocycles. The molecule has 1 fully saturated rings. The number of hydrogen-bond donors (Lipinski definition) is 3. The topological polar surface area (TPSA) is 162 Å². The van der Waals surface area contributed by atoms with Crippen LogP contribution in [0.1, 0.15) is 42.1 Å². The maximum Gasteiger partial charge on any atom is 0.573 e. The third-order valence-corrected chi connectivity index (χ3v) is 8.30. The third-order valence-electron chi connectivity index (χ3n) is 6.97. The van der Waals surface area contributed by atoms with Crippen molar-refractivity contribution in [2.75, 3.05) is 17.2 Å². The summed E-state index contributed by atoms with van der Waals surface area (Å²) in [5, 5.41) is 22.2. The summed E-state index contributed by atoms with van der Waals surface area (Å²) in [5.41, 5.74) is 0.345. The molecule has 0 amide bonds. The lowest BCUT2D eigenvalue weighted by Crippen LogP contribution is -2.36. The molecule has 4 rings (SSSR count). The van der Waals surface area contributed by atoms with Crippen molar-refractivity contribution in [3.63, 3.8) is 0 Å². The Morgan fingerprint density at radius 3 is 2.44 bits per heavy atom. The number of aromatic nitrogens is 2. The van der Waals surface area contributed by atoms with Gasteiger partial charge in [0, 0.05) is 18.7 Å². The average Bonchev–Trinajstić information content (AvgIpc) is 2.91. The molecule has 3 atom stereocenters. The van der Waals surface area contributed by atoms with Crippen molar-refractivity contribution in [2.24, 2.45) is 17.0 Å². The van der Waals surface area contributed by atoms with E-state index in [2.05, 4.69) is 25.3 Å². The number of primary sulfonamides is 1. The molecular weight excluding hydrogens is 565 g/mol. The molecule has 11 nitrogen and oxygen atoms in total. The second-order valence-corrected chi connectivity index (χ2v) is 11.4.